The van der Waals surface area contributed by atoms with Gasteiger partial charge < -0.3 is 5.32 Å². The minimum atomic E-state index is 0.127. The van der Waals surface area contributed by atoms with E-state index in [-0.39, 0.29) is 5.91 Å². The van der Waals surface area contributed by atoms with Gasteiger partial charge in [-0.2, -0.15) is 5.10 Å². The van der Waals surface area contributed by atoms with Crippen molar-refractivity contribution < 1.29 is 4.79 Å². The third-order valence-corrected chi connectivity index (χ3v) is 5.59. The number of carbonyl (C=O) groups is 1. The average Bonchev–Trinajstić information content (AvgIpc) is 3.28. The molecule has 0 saturated heterocycles. The Bertz CT molecular complexity index is 809. The molecule has 2 aromatic heterocycles. The van der Waals surface area contributed by atoms with Crippen LogP contribution in [0.15, 0.2) is 18.5 Å². The van der Waals surface area contributed by atoms with Gasteiger partial charge in [0.1, 0.15) is 6.33 Å². The minimum Gasteiger partial charge on any atom is -0.356 e. The maximum Gasteiger partial charge on any atom is 0.220 e. The van der Waals surface area contributed by atoms with Crippen molar-refractivity contribution in [3.8, 4) is 0 Å². The largest absolute Gasteiger partial charge is 0.356 e. The predicted molar refractivity (Wildman–Crippen MR) is 90.4 cm³/mol. The Kier molecular flexibility index (Phi) is 3.82. The van der Waals surface area contributed by atoms with E-state index in [4.69, 9.17) is 0 Å². The molecule has 2 aliphatic carbocycles. The summed E-state index contributed by atoms with van der Waals surface area (Å²) >= 11 is 0. The van der Waals surface area contributed by atoms with Crippen molar-refractivity contribution in [1.29, 1.82) is 0 Å². The van der Waals surface area contributed by atoms with Gasteiger partial charge in [0.25, 0.3) is 0 Å². The first-order chi connectivity index (χ1) is 11.6. The Balaban J connectivity index is 1.35. The summed E-state index contributed by atoms with van der Waals surface area (Å²) in [5.41, 5.74) is 3.87. The topological polar surface area (TPSA) is 72.2 Å². The van der Waals surface area contributed by atoms with E-state index in [1.807, 2.05) is 13.8 Å². The van der Waals surface area contributed by atoms with Crippen LogP contribution in [-0.2, 0) is 11.2 Å². The van der Waals surface area contributed by atoms with Crippen LogP contribution >= 0.6 is 0 Å². The molecule has 3 atom stereocenters. The quantitative estimate of drug-likeness (QED) is 0.854. The summed E-state index contributed by atoms with van der Waals surface area (Å²) in [6, 6.07) is 0. The number of amides is 1. The maximum atomic E-state index is 12.2. The molecule has 4 rings (SSSR count). The highest BCUT2D eigenvalue weighted by Gasteiger charge is 2.35. The van der Waals surface area contributed by atoms with Gasteiger partial charge >= 0.3 is 0 Å². The van der Waals surface area contributed by atoms with Crippen molar-refractivity contribution in [2.45, 2.75) is 39.5 Å². The third kappa shape index (κ3) is 2.70. The molecule has 6 nitrogen and oxygen atoms in total. The van der Waals surface area contributed by atoms with Crippen LogP contribution in [0.25, 0.3) is 5.65 Å². The van der Waals surface area contributed by atoms with Crippen LogP contribution in [0.4, 0.5) is 0 Å². The molecule has 126 valence electrons. The number of carbonyl (C=O) groups excluding carboxylic acids is 1. The number of allylic oxidation sites excluding steroid dienone is 2. The lowest BCUT2D eigenvalue weighted by Gasteiger charge is -2.18. The molecule has 2 aliphatic rings. The van der Waals surface area contributed by atoms with Crippen LogP contribution < -0.4 is 5.32 Å². The number of rotatable bonds is 5. The average molecular weight is 325 g/mol. The second kappa shape index (κ2) is 6.00. The maximum absolute atomic E-state index is 12.2. The molecule has 1 fully saturated rings. The van der Waals surface area contributed by atoms with Crippen LogP contribution in [0.1, 0.15) is 36.1 Å². The van der Waals surface area contributed by atoms with Gasteiger partial charge in [-0.3, -0.25) is 4.79 Å². The third-order valence-electron chi connectivity index (χ3n) is 5.59. The Morgan fingerprint density at radius 2 is 2.21 bits per heavy atom. The van der Waals surface area contributed by atoms with E-state index in [9.17, 15) is 4.79 Å². The van der Waals surface area contributed by atoms with Crippen molar-refractivity contribution in [2.24, 2.45) is 17.8 Å². The van der Waals surface area contributed by atoms with Gasteiger partial charge in [0.2, 0.25) is 5.91 Å². The van der Waals surface area contributed by atoms with Crippen molar-refractivity contribution in [1.82, 2.24) is 25.1 Å². The van der Waals surface area contributed by atoms with Crippen molar-refractivity contribution in [2.75, 3.05) is 6.54 Å². The Morgan fingerprint density at radius 1 is 1.33 bits per heavy atom. The molecule has 24 heavy (non-hydrogen) atoms. The van der Waals surface area contributed by atoms with Gasteiger partial charge in [0, 0.05) is 18.5 Å². The van der Waals surface area contributed by atoms with E-state index in [1.54, 1.807) is 10.8 Å². The van der Waals surface area contributed by atoms with Gasteiger partial charge in [0.05, 0.1) is 5.69 Å². The zero-order valence-corrected chi connectivity index (χ0v) is 14.2. The fraction of sp³-hybridized carbons (Fsp3) is 0.556. The highest BCUT2D eigenvalue weighted by molar-refractivity contribution is 5.76. The number of aromatic nitrogens is 4. The van der Waals surface area contributed by atoms with E-state index in [0.29, 0.717) is 24.7 Å². The molecular formula is C18H23N5O. The van der Waals surface area contributed by atoms with E-state index in [0.717, 1.165) is 34.9 Å². The first kappa shape index (κ1) is 15.3. The summed E-state index contributed by atoms with van der Waals surface area (Å²) in [6.07, 6.45) is 9.96. The normalized spacial score (nSPS) is 24.8. The molecule has 0 radical (unpaired) electrons. The summed E-state index contributed by atoms with van der Waals surface area (Å²) in [5.74, 6) is 2.19. The number of nitrogens with one attached hydrogen (secondary N) is 1. The SMILES string of the molecule is Cc1nn2cnnc2c(C)c1CCC(=O)NC[C@H]1C[C@H]2C=C[C@H]1C2. The van der Waals surface area contributed by atoms with Crippen molar-refractivity contribution in [3.63, 3.8) is 0 Å². The van der Waals surface area contributed by atoms with Gasteiger partial charge in [-0.05, 0) is 56.4 Å². The molecule has 6 heteroatoms. The first-order valence-electron chi connectivity index (χ1n) is 8.73. The van der Waals surface area contributed by atoms with E-state index < -0.39 is 0 Å². The number of fused-ring (bicyclic) bond motifs is 3. The molecule has 2 aromatic rings. The Labute approximate surface area is 141 Å². The van der Waals surface area contributed by atoms with Crippen LogP contribution in [0, 0.1) is 31.6 Å². The molecule has 0 aromatic carbocycles. The van der Waals surface area contributed by atoms with Crippen LogP contribution in [0.3, 0.4) is 0 Å². The summed E-state index contributed by atoms with van der Waals surface area (Å²) in [6.45, 7) is 4.80. The summed E-state index contributed by atoms with van der Waals surface area (Å²) < 4.78 is 1.69. The fourth-order valence-corrected chi connectivity index (χ4v) is 4.25. The number of hydrogen-bond donors (Lipinski definition) is 1. The zero-order valence-electron chi connectivity index (χ0n) is 14.2. The molecular weight excluding hydrogens is 302 g/mol. The molecule has 1 N–H and O–H groups in total. The molecule has 2 heterocycles. The van der Waals surface area contributed by atoms with Gasteiger partial charge in [-0.15, -0.1) is 10.2 Å². The summed E-state index contributed by atoms with van der Waals surface area (Å²) in [5, 5.41) is 15.6. The Hall–Kier alpha value is -2.24. The van der Waals surface area contributed by atoms with E-state index >= 15 is 0 Å². The minimum absolute atomic E-state index is 0.127. The highest BCUT2D eigenvalue weighted by atomic mass is 16.1. The van der Waals surface area contributed by atoms with Crippen LogP contribution in [0.2, 0.25) is 0 Å². The van der Waals surface area contributed by atoms with Gasteiger partial charge in [0.15, 0.2) is 5.65 Å². The van der Waals surface area contributed by atoms with E-state index in [1.165, 1.54) is 12.8 Å². The number of aryl methyl sites for hydroxylation is 2. The Morgan fingerprint density at radius 3 is 2.96 bits per heavy atom. The lowest BCUT2D eigenvalue weighted by molar-refractivity contribution is -0.121. The second-order valence-electron chi connectivity index (χ2n) is 7.13. The number of nitrogens with zero attached hydrogens (tertiary/aromatic N) is 4. The predicted octanol–water partition coefficient (Wildman–Crippen LogP) is 2.00. The standard InChI is InChI=1S/C18H23N5O/c1-11-16(12(2)22-23-10-20-21-18(11)23)5-6-17(24)19-9-15-8-13-3-4-14(15)7-13/h3-4,10,13-15H,5-9H2,1-2H3,(H,19,24)/t13-,14-,15+/m0/s1. The molecule has 0 unspecified atom stereocenters. The molecule has 0 spiro atoms. The number of hydrogen-bond acceptors (Lipinski definition) is 4. The van der Waals surface area contributed by atoms with Crippen molar-refractivity contribution >= 4 is 11.6 Å². The van der Waals surface area contributed by atoms with Crippen LogP contribution in [-0.4, -0.2) is 32.3 Å². The zero-order chi connectivity index (χ0) is 16.7. The molecule has 0 aliphatic heterocycles. The molecule has 2 bridgehead atoms. The van der Waals surface area contributed by atoms with Crippen LogP contribution in [0.5, 0.6) is 0 Å². The smallest absolute Gasteiger partial charge is 0.220 e. The molecule has 1 saturated carbocycles. The fourth-order valence-electron chi connectivity index (χ4n) is 4.25. The van der Waals surface area contributed by atoms with E-state index in [2.05, 4.69) is 32.8 Å². The second-order valence-corrected chi connectivity index (χ2v) is 7.13. The molecule has 1 amide bonds. The summed E-state index contributed by atoms with van der Waals surface area (Å²) in [4.78, 5) is 12.2. The lowest BCUT2D eigenvalue weighted by atomic mass is 9.93. The first-order valence-corrected chi connectivity index (χ1v) is 8.73. The van der Waals surface area contributed by atoms with Gasteiger partial charge in [-0.1, -0.05) is 12.2 Å². The monoisotopic (exact) mass is 325 g/mol. The summed E-state index contributed by atoms with van der Waals surface area (Å²) in [7, 11) is 0. The lowest BCUT2D eigenvalue weighted by Crippen LogP contribution is -2.31. The highest BCUT2D eigenvalue weighted by Crippen LogP contribution is 2.42. The van der Waals surface area contributed by atoms with Gasteiger partial charge in [-0.25, -0.2) is 4.52 Å². The van der Waals surface area contributed by atoms with Crippen molar-refractivity contribution in [3.05, 3.63) is 35.3 Å².